The smallest absolute Gasteiger partial charge is 0.259 e. The number of fused-ring (bicyclic) bond motifs is 1. The summed E-state index contributed by atoms with van der Waals surface area (Å²) in [5.74, 6) is 1.12. The van der Waals surface area contributed by atoms with Crippen molar-refractivity contribution in [1.29, 1.82) is 0 Å². The molecule has 1 heterocycles. The molecule has 0 fully saturated rings. The number of hydrogen-bond acceptors (Lipinski definition) is 6. The summed E-state index contributed by atoms with van der Waals surface area (Å²) in [7, 11) is 3.95. The molecule has 26 heavy (non-hydrogen) atoms. The quantitative estimate of drug-likeness (QED) is 0.557. The lowest BCUT2D eigenvalue weighted by molar-refractivity contribution is -0.119. The van der Waals surface area contributed by atoms with E-state index in [0.717, 1.165) is 21.4 Å². The molecular weight excluding hydrogens is 400 g/mol. The summed E-state index contributed by atoms with van der Waals surface area (Å²) in [4.78, 5) is 13.9. The Balaban J connectivity index is 1.49. The summed E-state index contributed by atoms with van der Waals surface area (Å²) in [6, 6.07) is 11.3. The minimum Gasteiger partial charge on any atom is -0.454 e. The molecule has 0 atom stereocenters. The second-order valence-corrected chi connectivity index (χ2v) is 6.67. The van der Waals surface area contributed by atoms with Crippen molar-refractivity contribution in [3.8, 4) is 11.5 Å². The molecule has 0 saturated heterocycles. The van der Waals surface area contributed by atoms with Gasteiger partial charge in [-0.2, -0.15) is 5.10 Å². The number of anilines is 2. The molecule has 0 radical (unpaired) electrons. The van der Waals surface area contributed by atoms with E-state index >= 15 is 0 Å². The molecule has 0 aliphatic carbocycles. The Morgan fingerprint density at radius 3 is 2.81 bits per heavy atom. The van der Waals surface area contributed by atoms with Crippen LogP contribution in [0.5, 0.6) is 11.5 Å². The monoisotopic (exact) mass is 418 g/mol. The fourth-order valence-corrected chi connectivity index (χ4v) is 3.12. The molecule has 0 bridgehead atoms. The minimum atomic E-state index is -0.247. The van der Waals surface area contributed by atoms with Gasteiger partial charge in [0.05, 0.1) is 18.4 Å². The standard InChI is InChI=1S/C18H19BrN4O3/c1-23(2)15-5-3-12(7-14(15)19)9-21-22-18(24)10-20-13-4-6-16-17(8-13)26-11-25-16/h3-9,20H,10-11H2,1-2H3,(H,22,24)/b21-9+. The van der Waals surface area contributed by atoms with Gasteiger partial charge in [-0.05, 0) is 45.8 Å². The first-order valence-electron chi connectivity index (χ1n) is 7.95. The van der Waals surface area contributed by atoms with Gasteiger partial charge in [0.15, 0.2) is 11.5 Å². The van der Waals surface area contributed by atoms with Crippen LogP contribution < -0.4 is 25.1 Å². The van der Waals surface area contributed by atoms with Crippen molar-refractivity contribution in [1.82, 2.24) is 5.43 Å². The van der Waals surface area contributed by atoms with Crippen LogP contribution >= 0.6 is 15.9 Å². The van der Waals surface area contributed by atoms with Gasteiger partial charge in [-0.3, -0.25) is 4.79 Å². The van der Waals surface area contributed by atoms with Crippen molar-refractivity contribution in [2.75, 3.05) is 37.6 Å². The van der Waals surface area contributed by atoms with Crippen molar-refractivity contribution in [2.45, 2.75) is 0 Å². The second-order valence-electron chi connectivity index (χ2n) is 5.82. The number of nitrogens with zero attached hydrogens (tertiary/aromatic N) is 2. The van der Waals surface area contributed by atoms with Crippen LogP contribution in [0.4, 0.5) is 11.4 Å². The van der Waals surface area contributed by atoms with E-state index in [1.54, 1.807) is 18.3 Å². The van der Waals surface area contributed by atoms with Crippen molar-refractivity contribution in [2.24, 2.45) is 5.10 Å². The summed E-state index contributed by atoms with van der Waals surface area (Å²) in [6.07, 6.45) is 1.60. The maximum absolute atomic E-state index is 11.9. The van der Waals surface area contributed by atoms with Gasteiger partial charge in [0.25, 0.3) is 5.91 Å². The molecule has 0 spiro atoms. The Bertz CT molecular complexity index is 839. The molecule has 1 aliphatic heterocycles. The zero-order valence-electron chi connectivity index (χ0n) is 14.5. The third kappa shape index (κ3) is 4.45. The molecule has 2 N–H and O–H groups in total. The second kappa shape index (κ2) is 8.09. The number of hydrazone groups is 1. The average molecular weight is 419 g/mol. The Morgan fingerprint density at radius 2 is 2.04 bits per heavy atom. The van der Waals surface area contributed by atoms with E-state index in [2.05, 4.69) is 31.8 Å². The topological polar surface area (TPSA) is 75.2 Å². The first kappa shape index (κ1) is 18.1. The molecule has 0 aromatic heterocycles. The molecule has 2 aromatic carbocycles. The normalized spacial score (nSPS) is 12.3. The number of benzene rings is 2. The number of ether oxygens (including phenoxy) is 2. The highest BCUT2D eigenvalue weighted by molar-refractivity contribution is 9.10. The molecule has 1 amide bonds. The van der Waals surface area contributed by atoms with Crippen molar-refractivity contribution < 1.29 is 14.3 Å². The van der Waals surface area contributed by atoms with E-state index in [1.165, 1.54) is 0 Å². The van der Waals surface area contributed by atoms with Gasteiger partial charge in [0, 0.05) is 30.3 Å². The molecular formula is C18H19BrN4O3. The minimum absolute atomic E-state index is 0.0975. The highest BCUT2D eigenvalue weighted by Gasteiger charge is 2.13. The fraction of sp³-hybridized carbons (Fsp3) is 0.222. The zero-order chi connectivity index (χ0) is 18.5. The number of hydrogen-bond donors (Lipinski definition) is 2. The van der Waals surface area contributed by atoms with E-state index < -0.39 is 0 Å². The Labute approximate surface area is 160 Å². The van der Waals surface area contributed by atoms with E-state index in [-0.39, 0.29) is 19.2 Å². The number of rotatable bonds is 6. The van der Waals surface area contributed by atoms with E-state index in [9.17, 15) is 4.79 Å². The molecule has 0 unspecified atom stereocenters. The summed E-state index contributed by atoms with van der Waals surface area (Å²) in [5.41, 5.74) is 5.22. The van der Waals surface area contributed by atoms with Crippen LogP contribution in [0.15, 0.2) is 46.0 Å². The summed E-state index contributed by atoms with van der Waals surface area (Å²) < 4.78 is 11.5. The third-order valence-corrected chi connectivity index (χ3v) is 4.32. The van der Waals surface area contributed by atoms with Gasteiger partial charge in [-0.1, -0.05) is 6.07 Å². The van der Waals surface area contributed by atoms with Crippen molar-refractivity contribution in [3.63, 3.8) is 0 Å². The first-order valence-corrected chi connectivity index (χ1v) is 8.74. The first-order chi connectivity index (χ1) is 12.5. The zero-order valence-corrected chi connectivity index (χ0v) is 16.0. The van der Waals surface area contributed by atoms with Crippen LogP contribution in [0.1, 0.15) is 5.56 Å². The maximum atomic E-state index is 11.9. The largest absolute Gasteiger partial charge is 0.454 e. The lowest BCUT2D eigenvalue weighted by Gasteiger charge is -2.14. The lowest BCUT2D eigenvalue weighted by Crippen LogP contribution is -2.25. The van der Waals surface area contributed by atoms with Crippen LogP contribution in [-0.4, -0.2) is 39.6 Å². The van der Waals surface area contributed by atoms with Crippen molar-refractivity contribution in [3.05, 3.63) is 46.4 Å². The molecule has 2 aromatic rings. The maximum Gasteiger partial charge on any atom is 0.259 e. The van der Waals surface area contributed by atoms with Gasteiger partial charge in [-0.25, -0.2) is 5.43 Å². The number of nitrogens with one attached hydrogen (secondary N) is 2. The lowest BCUT2D eigenvalue weighted by atomic mass is 10.2. The number of carbonyl (C=O) groups is 1. The predicted octanol–water partition coefficient (Wildman–Crippen LogP) is 2.81. The summed E-state index contributed by atoms with van der Waals surface area (Å²) in [5, 5.41) is 7.00. The van der Waals surface area contributed by atoms with Crippen LogP contribution in [0.25, 0.3) is 0 Å². The van der Waals surface area contributed by atoms with Gasteiger partial charge in [0.2, 0.25) is 6.79 Å². The predicted molar refractivity (Wildman–Crippen MR) is 105 cm³/mol. The summed E-state index contributed by atoms with van der Waals surface area (Å²) in [6.45, 7) is 0.319. The molecule has 0 saturated carbocycles. The Morgan fingerprint density at radius 1 is 1.23 bits per heavy atom. The number of amides is 1. The van der Waals surface area contributed by atoms with Gasteiger partial charge >= 0.3 is 0 Å². The average Bonchev–Trinajstić information content (AvgIpc) is 3.07. The van der Waals surface area contributed by atoms with Crippen LogP contribution in [0.2, 0.25) is 0 Å². The highest BCUT2D eigenvalue weighted by atomic mass is 79.9. The Kier molecular flexibility index (Phi) is 5.62. The van der Waals surface area contributed by atoms with Crippen LogP contribution in [0.3, 0.4) is 0 Å². The van der Waals surface area contributed by atoms with Gasteiger partial charge in [-0.15, -0.1) is 0 Å². The van der Waals surface area contributed by atoms with Gasteiger partial charge < -0.3 is 19.7 Å². The molecule has 1 aliphatic rings. The number of carbonyl (C=O) groups excluding carboxylic acids is 1. The van der Waals surface area contributed by atoms with Crippen LogP contribution in [-0.2, 0) is 4.79 Å². The number of halogens is 1. The molecule has 3 rings (SSSR count). The molecule has 7 nitrogen and oxygen atoms in total. The van der Waals surface area contributed by atoms with E-state index in [1.807, 2.05) is 43.3 Å². The highest BCUT2D eigenvalue weighted by Crippen LogP contribution is 2.34. The molecule has 8 heteroatoms. The van der Waals surface area contributed by atoms with E-state index in [0.29, 0.717) is 11.5 Å². The third-order valence-electron chi connectivity index (χ3n) is 3.68. The van der Waals surface area contributed by atoms with Gasteiger partial charge in [0.1, 0.15) is 0 Å². The van der Waals surface area contributed by atoms with Crippen LogP contribution in [0, 0.1) is 0 Å². The SMILES string of the molecule is CN(C)c1ccc(/C=N/NC(=O)CNc2ccc3c(c2)OCO3)cc1Br. The van der Waals surface area contributed by atoms with Crippen molar-refractivity contribution >= 4 is 39.4 Å². The fourth-order valence-electron chi connectivity index (χ4n) is 2.37. The van der Waals surface area contributed by atoms with E-state index in [4.69, 9.17) is 9.47 Å². The Hall–Kier alpha value is -2.74. The summed E-state index contributed by atoms with van der Waals surface area (Å²) >= 11 is 3.52. The molecule has 136 valence electrons.